The maximum absolute atomic E-state index is 3.14. The highest BCUT2D eigenvalue weighted by atomic mass is 32.2. The van der Waals surface area contributed by atoms with E-state index in [1.807, 2.05) is 17.8 Å². The molecule has 1 aromatic carbocycles. The molecule has 0 nitrogen and oxygen atoms in total. The summed E-state index contributed by atoms with van der Waals surface area (Å²) in [6.45, 7) is 0. The standard InChI is InChI=1S/C10H11S/c1-11-10-5-3-2-4-9(10)8-6-7-8/h3-5,8H,6-7H2,1H3. The number of rotatable bonds is 2. The maximum Gasteiger partial charge on any atom is 0.0104 e. The second-order valence-electron chi connectivity index (χ2n) is 2.94. The van der Waals surface area contributed by atoms with E-state index in [0.717, 1.165) is 5.92 Å². The van der Waals surface area contributed by atoms with Crippen molar-refractivity contribution in [2.45, 2.75) is 23.7 Å². The summed E-state index contributed by atoms with van der Waals surface area (Å²) in [4.78, 5) is 1.44. The van der Waals surface area contributed by atoms with Crippen molar-refractivity contribution in [3.05, 3.63) is 29.8 Å². The summed E-state index contributed by atoms with van der Waals surface area (Å²) in [5.74, 6) is 0.856. The molecule has 0 amide bonds. The highest BCUT2D eigenvalue weighted by Crippen LogP contribution is 2.43. The van der Waals surface area contributed by atoms with Crippen molar-refractivity contribution < 1.29 is 0 Å². The monoisotopic (exact) mass is 163 g/mol. The molecule has 0 bridgehead atoms. The fourth-order valence-corrected chi connectivity index (χ4v) is 1.99. The lowest BCUT2D eigenvalue weighted by molar-refractivity contribution is 1.07. The Bertz CT molecular complexity index is 251. The topological polar surface area (TPSA) is 0 Å². The van der Waals surface area contributed by atoms with Crippen LogP contribution in [-0.2, 0) is 0 Å². The van der Waals surface area contributed by atoms with E-state index in [9.17, 15) is 0 Å². The summed E-state index contributed by atoms with van der Waals surface area (Å²) in [7, 11) is 0. The average molecular weight is 163 g/mol. The van der Waals surface area contributed by atoms with Gasteiger partial charge in [0.25, 0.3) is 0 Å². The van der Waals surface area contributed by atoms with Gasteiger partial charge in [-0.05, 0) is 48.8 Å². The first-order valence-electron chi connectivity index (χ1n) is 3.96. The van der Waals surface area contributed by atoms with Crippen LogP contribution in [0, 0.1) is 6.07 Å². The molecule has 1 heteroatoms. The third-order valence-electron chi connectivity index (χ3n) is 2.09. The zero-order chi connectivity index (χ0) is 7.68. The number of thioether (sulfide) groups is 1. The lowest BCUT2D eigenvalue weighted by atomic mass is 10.1. The van der Waals surface area contributed by atoms with Gasteiger partial charge in [-0.3, -0.25) is 0 Å². The molecule has 1 aliphatic rings. The average Bonchev–Trinajstić information content (AvgIpc) is 2.87. The lowest BCUT2D eigenvalue weighted by Gasteiger charge is -2.03. The Morgan fingerprint density at radius 2 is 2.36 bits per heavy atom. The molecule has 1 radical (unpaired) electrons. The molecular formula is C10H11S. The number of hydrogen-bond acceptors (Lipinski definition) is 1. The summed E-state index contributed by atoms with van der Waals surface area (Å²) in [5, 5.41) is 0. The van der Waals surface area contributed by atoms with E-state index < -0.39 is 0 Å². The Morgan fingerprint density at radius 1 is 1.55 bits per heavy atom. The molecule has 11 heavy (non-hydrogen) atoms. The van der Waals surface area contributed by atoms with Gasteiger partial charge in [-0.1, -0.05) is 6.07 Å². The van der Waals surface area contributed by atoms with Gasteiger partial charge < -0.3 is 0 Å². The fourth-order valence-electron chi connectivity index (χ4n) is 1.33. The van der Waals surface area contributed by atoms with Crippen LogP contribution in [0.3, 0.4) is 0 Å². The zero-order valence-electron chi connectivity index (χ0n) is 6.63. The molecule has 0 heterocycles. The summed E-state index contributed by atoms with van der Waals surface area (Å²) < 4.78 is 0. The van der Waals surface area contributed by atoms with Gasteiger partial charge >= 0.3 is 0 Å². The van der Waals surface area contributed by atoms with E-state index in [2.05, 4.69) is 24.5 Å². The van der Waals surface area contributed by atoms with Crippen LogP contribution in [0.5, 0.6) is 0 Å². The van der Waals surface area contributed by atoms with Crippen molar-refractivity contribution in [1.82, 2.24) is 0 Å². The molecule has 1 aromatic rings. The zero-order valence-corrected chi connectivity index (χ0v) is 7.45. The second-order valence-corrected chi connectivity index (χ2v) is 3.79. The molecule has 0 unspecified atom stereocenters. The molecule has 0 saturated heterocycles. The molecule has 2 rings (SSSR count). The van der Waals surface area contributed by atoms with Gasteiger partial charge in [0.2, 0.25) is 0 Å². The molecule has 1 saturated carbocycles. The minimum atomic E-state index is 0.856. The van der Waals surface area contributed by atoms with E-state index in [1.165, 1.54) is 23.3 Å². The fraction of sp³-hybridized carbons (Fsp3) is 0.400. The smallest absolute Gasteiger partial charge is 0.0104 e. The molecular weight excluding hydrogens is 152 g/mol. The molecule has 0 aliphatic heterocycles. The molecule has 0 aromatic heterocycles. The van der Waals surface area contributed by atoms with Crippen LogP contribution in [0.1, 0.15) is 24.3 Å². The van der Waals surface area contributed by atoms with Gasteiger partial charge in [-0.15, -0.1) is 11.8 Å². The van der Waals surface area contributed by atoms with Crippen LogP contribution in [-0.4, -0.2) is 6.26 Å². The highest BCUT2D eigenvalue weighted by molar-refractivity contribution is 7.98. The molecule has 0 N–H and O–H groups in total. The Balaban J connectivity index is 2.34. The number of benzene rings is 1. The third kappa shape index (κ3) is 1.43. The lowest BCUT2D eigenvalue weighted by Crippen LogP contribution is -1.82. The van der Waals surface area contributed by atoms with Gasteiger partial charge in [0.1, 0.15) is 0 Å². The van der Waals surface area contributed by atoms with Crippen LogP contribution in [0.4, 0.5) is 0 Å². The van der Waals surface area contributed by atoms with E-state index >= 15 is 0 Å². The Hall–Kier alpha value is -0.430. The molecule has 1 fully saturated rings. The van der Waals surface area contributed by atoms with E-state index in [4.69, 9.17) is 0 Å². The van der Waals surface area contributed by atoms with Crippen molar-refractivity contribution >= 4 is 11.8 Å². The van der Waals surface area contributed by atoms with Crippen molar-refractivity contribution in [1.29, 1.82) is 0 Å². The first kappa shape index (κ1) is 7.23. The first-order chi connectivity index (χ1) is 5.42. The van der Waals surface area contributed by atoms with Crippen LogP contribution in [0.2, 0.25) is 0 Å². The Morgan fingerprint density at radius 3 is 3.00 bits per heavy atom. The summed E-state index contributed by atoms with van der Waals surface area (Å²) >= 11 is 1.84. The highest BCUT2D eigenvalue weighted by Gasteiger charge is 2.25. The van der Waals surface area contributed by atoms with Crippen molar-refractivity contribution in [2.75, 3.05) is 6.26 Å². The molecule has 0 spiro atoms. The first-order valence-corrected chi connectivity index (χ1v) is 5.18. The third-order valence-corrected chi connectivity index (χ3v) is 2.90. The van der Waals surface area contributed by atoms with Crippen molar-refractivity contribution in [2.24, 2.45) is 0 Å². The Labute approximate surface area is 72.0 Å². The van der Waals surface area contributed by atoms with E-state index in [0.29, 0.717) is 0 Å². The number of hydrogen-bond donors (Lipinski definition) is 0. The van der Waals surface area contributed by atoms with Crippen LogP contribution in [0.15, 0.2) is 23.1 Å². The summed E-state index contributed by atoms with van der Waals surface area (Å²) in [5.41, 5.74) is 1.51. The maximum atomic E-state index is 3.14. The SMILES string of the molecule is CSc1cc[c]cc1C1CC1. The van der Waals surface area contributed by atoms with Gasteiger partial charge in [0.15, 0.2) is 0 Å². The van der Waals surface area contributed by atoms with Gasteiger partial charge in [-0.25, -0.2) is 0 Å². The molecule has 1 aliphatic carbocycles. The second kappa shape index (κ2) is 2.90. The predicted octanol–water partition coefficient (Wildman–Crippen LogP) is 3.09. The van der Waals surface area contributed by atoms with Gasteiger partial charge in [-0.2, -0.15) is 0 Å². The summed E-state index contributed by atoms with van der Waals surface area (Å²) in [6, 6.07) is 9.45. The minimum absolute atomic E-state index is 0.856. The van der Waals surface area contributed by atoms with E-state index in [1.54, 1.807) is 0 Å². The summed E-state index contributed by atoms with van der Waals surface area (Å²) in [6.07, 6.45) is 4.90. The van der Waals surface area contributed by atoms with Crippen LogP contribution < -0.4 is 0 Å². The predicted molar refractivity (Wildman–Crippen MR) is 49.0 cm³/mol. The quantitative estimate of drug-likeness (QED) is 0.604. The molecule has 0 atom stereocenters. The Kier molecular flexibility index (Phi) is 1.91. The minimum Gasteiger partial charge on any atom is -0.129 e. The van der Waals surface area contributed by atoms with Crippen LogP contribution in [0.25, 0.3) is 0 Å². The van der Waals surface area contributed by atoms with Gasteiger partial charge in [0.05, 0.1) is 0 Å². The molecule has 57 valence electrons. The van der Waals surface area contributed by atoms with E-state index in [-0.39, 0.29) is 0 Å². The van der Waals surface area contributed by atoms with Crippen molar-refractivity contribution in [3.8, 4) is 0 Å². The van der Waals surface area contributed by atoms with Crippen LogP contribution >= 0.6 is 11.8 Å². The largest absolute Gasteiger partial charge is 0.129 e. The normalized spacial score (nSPS) is 16.8. The van der Waals surface area contributed by atoms with Gasteiger partial charge in [0, 0.05) is 4.90 Å². The van der Waals surface area contributed by atoms with Crippen molar-refractivity contribution in [3.63, 3.8) is 0 Å².